The number of nitrogens with zero attached hydrogens (tertiary/aromatic N) is 3. The number of carbonyl (C=O) groups is 1. The van der Waals surface area contributed by atoms with Crippen molar-refractivity contribution in [1.29, 1.82) is 0 Å². The maximum Gasteiger partial charge on any atom is 0.281 e. The number of nitrogens with two attached hydrogens (primary N) is 1. The second-order valence-electron chi connectivity index (χ2n) is 4.93. The van der Waals surface area contributed by atoms with E-state index in [9.17, 15) is 9.18 Å². The minimum Gasteiger partial charge on any atom is -0.469 e. The summed E-state index contributed by atoms with van der Waals surface area (Å²) in [6.07, 6.45) is 3.08. The van der Waals surface area contributed by atoms with Crippen LogP contribution in [-0.4, -0.2) is 28.9 Å². The Morgan fingerprint density at radius 1 is 1.35 bits per heavy atom. The summed E-state index contributed by atoms with van der Waals surface area (Å²) in [6.45, 7) is 1.83. The van der Waals surface area contributed by atoms with Gasteiger partial charge in [-0.15, -0.1) is 0 Å². The van der Waals surface area contributed by atoms with Gasteiger partial charge in [0.25, 0.3) is 6.02 Å². The molecule has 0 amide bonds. The molecule has 2 N–H and O–H groups in total. The van der Waals surface area contributed by atoms with E-state index in [4.69, 9.17) is 10.5 Å². The summed E-state index contributed by atoms with van der Waals surface area (Å²) >= 11 is 0. The van der Waals surface area contributed by atoms with Crippen molar-refractivity contribution in [3.63, 3.8) is 0 Å². The fraction of sp³-hybridized carbons (Fsp3) is 0.250. The van der Waals surface area contributed by atoms with Crippen molar-refractivity contribution in [3.05, 3.63) is 58.9 Å². The molecule has 0 aliphatic heterocycles. The number of ketones is 1. The van der Waals surface area contributed by atoms with Crippen LogP contribution in [0.3, 0.4) is 0 Å². The SMILES string of the molecule is COC(N)=NCc1cc(CC(=O)c2cnc(C)cn2)ccc1F. The third-order valence-electron chi connectivity index (χ3n) is 3.16. The van der Waals surface area contributed by atoms with Crippen LogP contribution in [-0.2, 0) is 17.7 Å². The molecule has 7 heteroatoms. The molecule has 0 radical (unpaired) electrons. The molecule has 2 rings (SSSR count). The molecule has 0 aliphatic rings. The molecule has 0 saturated carbocycles. The molecule has 1 heterocycles. The summed E-state index contributed by atoms with van der Waals surface area (Å²) in [5, 5.41) is 0. The first-order valence-electron chi connectivity index (χ1n) is 6.92. The van der Waals surface area contributed by atoms with Gasteiger partial charge < -0.3 is 10.5 Å². The number of halogens is 1. The lowest BCUT2D eigenvalue weighted by atomic mass is 10.0. The number of benzene rings is 1. The fourth-order valence-corrected chi connectivity index (χ4v) is 1.90. The fourth-order valence-electron chi connectivity index (χ4n) is 1.90. The molecular formula is C16H17FN4O2. The van der Waals surface area contributed by atoms with Crippen molar-refractivity contribution >= 4 is 11.8 Å². The Morgan fingerprint density at radius 3 is 2.78 bits per heavy atom. The summed E-state index contributed by atoms with van der Waals surface area (Å²) in [7, 11) is 1.38. The van der Waals surface area contributed by atoms with Crippen LogP contribution in [0.15, 0.2) is 35.6 Å². The van der Waals surface area contributed by atoms with Gasteiger partial charge in [0.2, 0.25) is 0 Å². The number of carbonyl (C=O) groups excluding carboxylic acids is 1. The van der Waals surface area contributed by atoms with Gasteiger partial charge >= 0.3 is 0 Å². The second-order valence-corrected chi connectivity index (χ2v) is 4.93. The van der Waals surface area contributed by atoms with E-state index >= 15 is 0 Å². The van der Waals surface area contributed by atoms with E-state index < -0.39 is 5.82 Å². The average molecular weight is 316 g/mol. The minimum atomic E-state index is -0.413. The first kappa shape index (κ1) is 16.5. The Hall–Kier alpha value is -2.83. The number of amidine groups is 1. The maximum atomic E-state index is 13.8. The lowest BCUT2D eigenvalue weighted by Crippen LogP contribution is -2.14. The van der Waals surface area contributed by atoms with E-state index in [1.54, 1.807) is 19.1 Å². The van der Waals surface area contributed by atoms with Gasteiger partial charge in [-0.2, -0.15) is 0 Å². The Bertz CT molecular complexity index is 729. The van der Waals surface area contributed by atoms with Gasteiger partial charge in [-0.25, -0.2) is 14.4 Å². The molecule has 0 aliphatic carbocycles. The van der Waals surface area contributed by atoms with E-state index in [0.717, 1.165) is 5.69 Å². The van der Waals surface area contributed by atoms with E-state index in [-0.39, 0.29) is 30.5 Å². The predicted molar refractivity (Wildman–Crippen MR) is 83.5 cm³/mol. The quantitative estimate of drug-likeness (QED) is 0.516. The molecule has 0 spiro atoms. The highest BCUT2D eigenvalue weighted by atomic mass is 19.1. The van der Waals surface area contributed by atoms with Gasteiger partial charge in [-0.3, -0.25) is 9.78 Å². The molecule has 0 saturated heterocycles. The zero-order valence-corrected chi connectivity index (χ0v) is 12.9. The van der Waals surface area contributed by atoms with Crippen molar-refractivity contribution in [1.82, 2.24) is 9.97 Å². The van der Waals surface area contributed by atoms with Gasteiger partial charge in [-0.05, 0) is 18.6 Å². The Balaban J connectivity index is 2.14. The van der Waals surface area contributed by atoms with Crippen molar-refractivity contribution in [2.24, 2.45) is 10.7 Å². The lowest BCUT2D eigenvalue weighted by Gasteiger charge is -2.05. The Morgan fingerprint density at radius 2 is 2.13 bits per heavy atom. The smallest absolute Gasteiger partial charge is 0.281 e. The molecule has 0 atom stereocenters. The number of methoxy groups -OCH3 is 1. The molecular weight excluding hydrogens is 299 g/mol. The number of aliphatic imine (C=N–C) groups is 1. The minimum absolute atomic E-state index is 0.0270. The molecule has 6 nitrogen and oxygen atoms in total. The number of hydrogen-bond donors (Lipinski definition) is 1. The summed E-state index contributed by atoms with van der Waals surface area (Å²) in [4.78, 5) is 24.1. The van der Waals surface area contributed by atoms with Crippen LogP contribution in [0.1, 0.15) is 27.3 Å². The molecule has 0 fully saturated rings. The highest BCUT2D eigenvalue weighted by Gasteiger charge is 2.11. The zero-order chi connectivity index (χ0) is 16.8. The van der Waals surface area contributed by atoms with Crippen LogP contribution in [0.4, 0.5) is 4.39 Å². The number of hydrogen-bond acceptors (Lipinski definition) is 5. The summed E-state index contributed by atoms with van der Waals surface area (Å²) < 4.78 is 18.5. The normalized spacial score (nSPS) is 11.3. The third kappa shape index (κ3) is 4.57. The molecule has 0 bridgehead atoms. The van der Waals surface area contributed by atoms with E-state index in [0.29, 0.717) is 11.1 Å². The molecule has 120 valence electrons. The number of Topliss-reactive ketones (excluding diaryl/α,β-unsaturated/α-hetero) is 1. The van der Waals surface area contributed by atoms with Gasteiger partial charge in [0, 0.05) is 18.2 Å². The van der Waals surface area contributed by atoms with Crippen LogP contribution in [0.2, 0.25) is 0 Å². The monoisotopic (exact) mass is 316 g/mol. The van der Waals surface area contributed by atoms with Crippen molar-refractivity contribution in [2.75, 3.05) is 7.11 Å². The van der Waals surface area contributed by atoms with Crippen LogP contribution in [0.25, 0.3) is 0 Å². The predicted octanol–water partition coefficient (Wildman–Crippen LogP) is 1.81. The highest BCUT2D eigenvalue weighted by molar-refractivity contribution is 5.95. The average Bonchev–Trinajstić information content (AvgIpc) is 2.55. The molecule has 23 heavy (non-hydrogen) atoms. The molecule has 2 aromatic rings. The number of rotatable bonds is 5. The van der Waals surface area contributed by atoms with Crippen molar-refractivity contribution in [3.8, 4) is 0 Å². The second kappa shape index (κ2) is 7.44. The standard InChI is InChI=1S/C16H17FN4O2/c1-10-7-20-14(9-19-10)15(22)6-11-3-4-13(17)12(5-11)8-21-16(18)23-2/h3-5,7,9H,6,8H2,1-2H3,(H2,18,21). The van der Waals surface area contributed by atoms with Crippen LogP contribution < -0.4 is 5.73 Å². The van der Waals surface area contributed by atoms with Crippen LogP contribution >= 0.6 is 0 Å². The molecule has 0 unspecified atom stereocenters. The Kier molecular flexibility index (Phi) is 5.35. The zero-order valence-electron chi connectivity index (χ0n) is 12.9. The van der Waals surface area contributed by atoms with E-state index in [1.807, 2.05) is 0 Å². The highest BCUT2D eigenvalue weighted by Crippen LogP contribution is 2.14. The van der Waals surface area contributed by atoms with E-state index in [2.05, 4.69) is 15.0 Å². The topological polar surface area (TPSA) is 90.5 Å². The number of aryl methyl sites for hydroxylation is 1. The summed E-state index contributed by atoms with van der Waals surface area (Å²) in [6, 6.07) is 4.42. The van der Waals surface area contributed by atoms with Crippen molar-refractivity contribution in [2.45, 2.75) is 19.9 Å². The Labute approximate surface area is 133 Å². The van der Waals surface area contributed by atoms with Crippen LogP contribution in [0, 0.1) is 12.7 Å². The lowest BCUT2D eigenvalue weighted by molar-refractivity contribution is 0.0987. The number of ether oxygens (including phenoxy) is 1. The first-order chi connectivity index (χ1) is 11.0. The van der Waals surface area contributed by atoms with Crippen molar-refractivity contribution < 1.29 is 13.9 Å². The third-order valence-corrected chi connectivity index (χ3v) is 3.16. The van der Waals surface area contributed by atoms with Crippen LogP contribution in [0.5, 0.6) is 0 Å². The van der Waals surface area contributed by atoms with E-state index in [1.165, 1.54) is 25.6 Å². The van der Waals surface area contributed by atoms with Gasteiger partial charge in [0.05, 0.1) is 25.5 Å². The number of aromatic nitrogens is 2. The summed E-state index contributed by atoms with van der Waals surface area (Å²) in [5.74, 6) is -0.598. The maximum absolute atomic E-state index is 13.8. The molecule has 1 aromatic carbocycles. The van der Waals surface area contributed by atoms with Gasteiger partial charge in [-0.1, -0.05) is 12.1 Å². The van der Waals surface area contributed by atoms with Gasteiger partial charge in [0.1, 0.15) is 11.5 Å². The molecule has 1 aromatic heterocycles. The summed E-state index contributed by atoms with van der Waals surface area (Å²) in [5.41, 5.74) is 7.43. The van der Waals surface area contributed by atoms with Gasteiger partial charge in [0.15, 0.2) is 5.78 Å². The largest absolute Gasteiger partial charge is 0.469 e. The first-order valence-corrected chi connectivity index (χ1v) is 6.92.